The first-order valence-corrected chi connectivity index (χ1v) is 8.41. The lowest BCUT2D eigenvalue weighted by molar-refractivity contribution is 0.372. The van der Waals surface area contributed by atoms with E-state index in [-0.39, 0.29) is 11.7 Å². The number of halogens is 1. The summed E-state index contributed by atoms with van der Waals surface area (Å²) in [5.41, 5.74) is 5.76. The minimum atomic E-state index is 0.0365. The number of benzene rings is 2. The minimum Gasteiger partial charge on any atom is -0.503 e. The number of nitrogens with one attached hydrogen (secondary N) is 2. The molecule has 4 rings (SSSR count). The summed E-state index contributed by atoms with van der Waals surface area (Å²) in [6.07, 6.45) is 1.56. The number of rotatable bonds is 4. The summed E-state index contributed by atoms with van der Waals surface area (Å²) in [5, 5.41) is 23.2. The Hall–Kier alpha value is -3.20. The van der Waals surface area contributed by atoms with E-state index in [2.05, 4.69) is 46.6 Å². The number of nitrogens with zero attached hydrogens (tertiary/aromatic N) is 4. The van der Waals surface area contributed by atoms with Crippen molar-refractivity contribution in [3.63, 3.8) is 0 Å². The molecule has 0 fully saturated rings. The Morgan fingerprint density at radius 1 is 1.27 bits per heavy atom. The number of phenols is 1. The van der Waals surface area contributed by atoms with Crippen molar-refractivity contribution >= 4 is 50.2 Å². The second-order valence-corrected chi connectivity index (χ2v) is 6.28. The molecule has 0 saturated heterocycles. The molecule has 0 aliphatic carbocycles. The Morgan fingerprint density at radius 3 is 2.96 bits per heavy atom. The van der Waals surface area contributed by atoms with Crippen LogP contribution in [-0.4, -0.2) is 38.6 Å². The standard InChI is InChI=1S/C17H13BrN6O2/c1-26-13-7-9(6-11(18)15(13)25)8-19-23-17-21-16-14(22-24-17)10-4-2-3-5-12(10)20-16/h2-8,25H,1H3,(H2,20,21,23,24)/b19-8-. The first-order chi connectivity index (χ1) is 12.7. The molecule has 0 unspecified atom stereocenters. The van der Waals surface area contributed by atoms with Gasteiger partial charge in [-0.15, -0.1) is 10.2 Å². The zero-order valence-electron chi connectivity index (χ0n) is 13.6. The summed E-state index contributed by atoms with van der Waals surface area (Å²) in [7, 11) is 1.48. The van der Waals surface area contributed by atoms with Gasteiger partial charge < -0.3 is 14.8 Å². The number of aromatic nitrogens is 4. The van der Waals surface area contributed by atoms with Gasteiger partial charge in [0.05, 0.1) is 17.8 Å². The van der Waals surface area contributed by atoms with Crippen molar-refractivity contribution in [2.24, 2.45) is 5.10 Å². The third kappa shape index (κ3) is 2.93. The maximum Gasteiger partial charge on any atom is 0.265 e. The molecule has 0 bridgehead atoms. The fourth-order valence-corrected chi connectivity index (χ4v) is 3.02. The summed E-state index contributed by atoms with van der Waals surface area (Å²) in [5.74, 6) is 0.651. The third-order valence-electron chi connectivity index (χ3n) is 3.77. The van der Waals surface area contributed by atoms with E-state index in [1.807, 2.05) is 24.3 Å². The highest BCUT2D eigenvalue weighted by atomic mass is 79.9. The van der Waals surface area contributed by atoms with Gasteiger partial charge in [-0.2, -0.15) is 10.1 Å². The number of anilines is 1. The average molecular weight is 413 g/mol. The Bertz CT molecular complexity index is 1140. The summed E-state index contributed by atoms with van der Waals surface area (Å²) in [6.45, 7) is 0. The van der Waals surface area contributed by atoms with Crippen LogP contribution in [0.3, 0.4) is 0 Å². The van der Waals surface area contributed by atoms with Gasteiger partial charge in [-0.25, -0.2) is 5.43 Å². The van der Waals surface area contributed by atoms with Crippen LogP contribution in [0.4, 0.5) is 5.95 Å². The van der Waals surface area contributed by atoms with Gasteiger partial charge in [0.1, 0.15) is 5.52 Å². The predicted molar refractivity (Wildman–Crippen MR) is 103 cm³/mol. The molecule has 0 aliphatic rings. The van der Waals surface area contributed by atoms with Gasteiger partial charge >= 0.3 is 0 Å². The van der Waals surface area contributed by atoms with Gasteiger partial charge in [-0.1, -0.05) is 18.2 Å². The molecule has 0 aliphatic heterocycles. The number of aromatic hydroxyl groups is 1. The lowest BCUT2D eigenvalue weighted by Crippen LogP contribution is -1.99. The molecule has 130 valence electrons. The highest BCUT2D eigenvalue weighted by molar-refractivity contribution is 9.10. The molecular formula is C17H13BrN6O2. The van der Waals surface area contributed by atoms with Crippen LogP contribution in [0.1, 0.15) is 5.56 Å². The van der Waals surface area contributed by atoms with Crippen LogP contribution >= 0.6 is 15.9 Å². The van der Waals surface area contributed by atoms with Gasteiger partial charge in [0, 0.05) is 10.9 Å². The smallest absolute Gasteiger partial charge is 0.265 e. The summed E-state index contributed by atoms with van der Waals surface area (Å²) in [4.78, 5) is 7.58. The molecule has 9 heteroatoms. The van der Waals surface area contributed by atoms with E-state index in [1.54, 1.807) is 18.3 Å². The molecule has 0 saturated carbocycles. The van der Waals surface area contributed by atoms with E-state index in [1.165, 1.54) is 7.11 Å². The molecule has 0 radical (unpaired) electrons. The fraction of sp³-hybridized carbons (Fsp3) is 0.0588. The lowest BCUT2D eigenvalue weighted by atomic mass is 10.2. The van der Waals surface area contributed by atoms with Gasteiger partial charge in [0.2, 0.25) is 0 Å². The van der Waals surface area contributed by atoms with E-state index in [0.717, 1.165) is 16.5 Å². The van der Waals surface area contributed by atoms with E-state index in [4.69, 9.17) is 4.74 Å². The molecule has 2 aromatic heterocycles. The second-order valence-electron chi connectivity index (χ2n) is 5.43. The Balaban J connectivity index is 1.58. The zero-order chi connectivity index (χ0) is 18.1. The van der Waals surface area contributed by atoms with E-state index in [0.29, 0.717) is 21.4 Å². The van der Waals surface area contributed by atoms with Crippen LogP contribution in [0.15, 0.2) is 46.0 Å². The minimum absolute atomic E-state index is 0.0365. The number of hydrogen-bond donors (Lipinski definition) is 3. The van der Waals surface area contributed by atoms with Crippen LogP contribution in [-0.2, 0) is 0 Å². The first kappa shape index (κ1) is 16.3. The van der Waals surface area contributed by atoms with Crippen molar-refractivity contribution in [2.45, 2.75) is 0 Å². The predicted octanol–water partition coefficient (Wildman–Crippen LogP) is 3.43. The summed E-state index contributed by atoms with van der Waals surface area (Å²) in [6, 6.07) is 11.2. The number of H-pyrrole nitrogens is 1. The first-order valence-electron chi connectivity index (χ1n) is 7.62. The van der Waals surface area contributed by atoms with Crippen LogP contribution < -0.4 is 10.2 Å². The maximum atomic E-state index is 9.82. The van der Waals surface area contributed by atoms with Crippen molar-refractivity contribution in [3.05, 3.63) is 46.4 Å². The Kier molecular flexibility index (Phi) is 4.13. The van der Waals surface area contributed by atoms with Crippen molar-refractivity contribution < 1.29 is 9.84 Å². The normalized spacial score (nSPS) is 11.5. The van der Waals surface area contributed by atoms with E-state index >= 15 is 0 Å². The molecule has 4 aromatic rings. The Morgan fingerprint density at radius 2 is 2.12 bits per heavy atom. The van der Waals surface area contributed by atoms with E-state index in [9.17, 15) is 5.11 Å². The summed E-state index contributed by atoms with van der Waals surface area (Å²) >= 11 is 3.27. The molecular weight excluding hydrogens is 400 g/mol. The average Bonchev–Trinajstić information content (AvgIpc) is 3.02. The lowest BCUT2D eigenvalue weighted by Gasteiger charge is -2.06. The molecule has 0 spiro atoms. The largest absolute Gasteiger partial charge is 0.503 e. The molecule has 8 nitrogen and oxygen atoms in total. The SMILES string of the molecule is COc1cc(/C=N\Nc2nnc3c(n2)[nH]c2ccccc23)cc(Br)c1O. The molecule has 26 heavy (non-hydrogen) atoms. The number of aromatic amines is 1. The number of phenolic OH excluding ortho intramolecular Hbond substituents is 1. The summed E-state index contributed by atoms with van der Waals surface area (Å²) < 4.78 is 5.62. The monoisotopic (exact) mass is 412 g/mol. The second kappa shape index (κ2) is 6.60. The van der Waals surface area contributed by atoms with E-state index < -0.39 is 0 Å². The van der Waals surface area contributed by atoms with Crippen molar-refractivity contribution in [1.29, 1.82) is 0 Å². The van der Waals surface area contributed by atoms with Crippen molar-refractivity contribution in [2.75, 3.05) is 12.5 Å². The topological polar surface area (TPSA) is 108 Å². The quantitative estimate of drug-likeness (QED) is 0.350. The van der Waals surface area contributed by atoms with Crippen LogP contribution in [0, 0.1) is 0 Å². The Labute approximate surface area is 156 Å². The third-order valence-corrected chi connectivity index (χ3v) is 4.38. The zero-order valence-corrected chi connectivity index (χ0v) is 15.1. The highest BCUT2D eigenvalue weighted by Gasteiger charge is 2.09. The molecule has 3 N–H and O–H groups in total. The highest BCUT2D eigenvalue weighted by Crippen LogP contribution is 2.34. The molecule has 2 aromatic carbocycles. The number of para-hydroxylation sites is 1. The number of hydrogen-bond acceptors (Lipinski definition) is 7. The van der Waals surface area contributed by atoms with Crippen LogP contribution in [0.5, 0.6) is 11.5 Å². The van der Waals surface area contributed by atoms with Crippen molar-refractivity contribution in [3.8, 4) is 11.5 Å². The number of methoxy groups -OCH3 is 1. The molecule has 2 heterocycles. The van der Waals surface area contributed by atoms with Crippen molar-refractivity contribution in [1.82, 2.24) is 20.2 Å². The van der Waals surface area contributed by atoms with Crippen LogP contribution in [0.25, 0.3) is 22.1 Å². The van der Waals surface area contributed by atoms with Gasteiger partial charge in [0.15, 0.2) is 17.1 Å². The maximum absolute atomic E-state index is 9.82. The van der Waals surface area contributed by atoms with Gasteiger partial charge in [-0.05, 0) is 39.7 Å². The molecule has 0 atom stereocenters. The van der Waals surface area contributed by atoms with Gasteiger partial charge in [0.25, 0.3) is 5.95 Å². The van der Waals surface area contributed by atoms with Gasteiger partial charge in [-0.3, -0.25) is 0 Å². The number of hydrazone groups is 1. The molecule has 0 amide bonds. The number of fused-ring (bicyclic) bond motifs is 3. The number of ether oxygens (including phenoxy) is 1. The van der Waals surface area contributed by atoms with Crippen LogP contribution in [0.2, 0.25) is 0 Å². The fourth-order valence-electron chi connectivity index (χ4n) is 2.56.